The molecular formula is C10H22N2O. The van der Waals surface area contributed by atoms with E-state index >= 15 is 0 Å². The first-order valence-electron chi connectivity index (χ1n) is 5.29. The highest BCUT2D eigenvalue weighted by atomic mass is 16.5. The van der Waals surface area contributed by atoms with Gasteiger partial charge in [0.25, 0.3) is 0 Å². The second kappa shape index (κ2) is 6.35. The van der Waals surface area contributed by atoms with Crippen LogP contribution in [0.1, 0.15) is 19.3 Å². The number of rotatable bonds is 5. The molecule has 0 unspecified atom stereocenters. The third kappa shape index (κ3) is 4.60. The molecule has 3 heteroatoms. The summed E-state index contributed by atoms with van der Waals surface area (Å²) in [6.07, 6.45) is 3.89. The largest absolute Gasteiger partial charge is 0.380 e. The van der Waals surface area contributed by atoms with Crippen LogP contribution in [0.4, 0.5) is 0 Å². The molecule has 0 atom stereocenters. The normalized spacial score (nSPS) is 20.8. The van der Waals surface area contributed by atoms with Crippen molar-refractivity contribution in [2.24, 2.45) is 11.7 Å². The fourth-order valence-corrected chi connectivity index (χ4v) is 1.79. The van der Waals surface area contributed by atoms with E-state index < -0.39 is 0 Å². The Kier molecular flexibility index (Phi) is 5.35. The average Bonchev–Trinajstić information content (AvgIpc) is 2.15. The highest BCUT2D eigenvalue weighted by molar-refractivity contribution is 4.69. The van der Waals surface area contributed by atoms with Gasteiger partial charge >= 0.3 is 0 Å². The summed E-state index contributed by atoms with van der Waals surface area (Å²) in [4.78, 5) is 2.40. The van der Waals surface area contributed by atoms with E-state index in [9.17, 15) is 0 Å². The van der Waals surface area contributed by atoms with Crippen LogP contribution >= 0.6 is 0 Å². The van der Waals surface area contributed by atoms with Gasteiger partial charge in [-0.25, -0.2) is 0 Å². The van der Waals surface area contributed by atoms with Crippen LogP contribution in [0.15, 0.2) is 0 Å². The molecule has 0 saturated carbocycles. The molecule has 0 radical (unpaired) electrons. The third-order valence-corrected chi connectivity index (χ3v) is 2.77. The summed E-state index contributed by atoms with van der Waals surface area (Å²) in [6, 6.07) is 0. The van der Waals surface area contributed by atoms with Gasteiger partial charge in [0.15, 0.2) is 0 Å². The summed E-state index contributed by atoms with van der Waals surface area (Å²) in [5.41, 5.74) is 5.33. The second-order valence-electron chi connectivity index (χ2n) is 3.94. The van der Waals surface area contributed by atoms with Crippen molar-refractivity contribution in [1.82, 2.24) is 4.90 Å². The zero-order valence-corrected chi connectivity index (χ0v) is 8.67. The van der Waals surface area contributed by atoms with Crippen LogP contribution in [0.3, 0.4) is 0 Å². The molecular weight excluding hydrogens is 164 g/mol. The predicted octanol–water partition coefficient (Wildman–Crippen LogP) is 0.694. The van der Waals surface area contributed by atoms with E-state index in [0.717, 1.165) is 12.5 Å². The topological polar surface area (TPSA) is 38.5 Å². The number of hydrogen-bond donors (Lipinski definition) is 1. The van der Waals surface area contributed by atoms with Gasteiger partial charge in [-0.1, -0.05) is 0 Å². The van der Waals surface area contributed by atoms with E-state index in [1.54, 1.807) is 0 Å². The first kappa shape index (κ1) is 11.0. The van der Waals surface area contributed by atoms with E-state index in [0.29, 0.717) is 13.2 Å². The van der Waals surface area contributed by atoms with Crippen molar-refractivity contribution >= 4 is 0 Å². The van der Waals surface area contributed by atoms with Gasteiger partial charge < -0.3 is 15.4 Å². The molecule has 0 amide bonds. The molecule has 0 bridgehead atoms. The quantitative estimate of drug-likeness (QED) is 0.642. The molecule has 3 nitrogen and oxygen atoms in total. The molecule has 1 saturated heterocycles. The first-order chi connectivity index (χ1) is 6.33. The highest BCUT2D eigenvalue weighted by Gasteiger charge is 2.15. The minimum absolute atomic E-state index is 0.646. The van der Waals surface area contributed by atoms with Crippen molar-refractivity contribution in [2.45, 2.75) is 19.3 Å². The van der Waals surface area contributed by atoms with E-state index in [1.807, 2.05) is 0 Å². The van der Waals surface area contributed by atoms with Gasteiger partial charge in [-0.05, 0) is 45.3 Å². The van der Waals surface area contributed by atoms with Crippen molar-refractivity contribution < 1.29 is 4.74 Å². The summed E-state index contributed by atoms with van der Waals surface area (Å²) >= 11 is 0. The maximum absolute atomic E-state index is 5.37. The molecule has 0 aliphatic carbocycles. The molecule has 0 aromatic heterocycles. The minimum atomic E-state index is 0.646. The van der Waals surface area contributed by atoms with Gasteiger partial charge in [0.1, 0.15) is 0 Å². The smallest absolute Gasteiger partial charge is 0.0588 e. The third-order valence-electron chi connectivity index (χ3n) is 2.77. The minimum Gasteiger partial charge on any atom is -0.380 e. The van der Waals surface area contributed by atoms with Crippen LogP contribution < -0.4 is 5.73 Å². The van der Waals surface area contributed by atoms with Gasteiger partial charge in [0, 0.05) is 13.2 Å². The Morgan fingerprint density at radius 3 is 2.62 bits per heavy atom. The molecule has 13 heavy (non-hydrogen) atoms. The van der Waals surface area contributed by atoms with Crippen LogP contribution in [0, 0.1) is 5.92 Å². The maximum Gasteiger partial charge on any atom is 0.0588 e. The standard InChI is InChI=1S/C10H22N2O/c1-12-6-2-10(3-7-12)4-8-13-9-5-11/h10H,2-9,11H2,1H3. The van der Waals surface area contributed by atoms with Crippen LogP contribution in [0.25, 0.3) is 0 Å². The van der Waals surface area contributed by atoms with Crippen molar-refractivity contribution in [1.29, 1.82) is 0 Å². The predicted molar refractivity (Wildman–Crippen MR) is 54.7 cm³/mol. The highest BCUT2D eigenvalue weighted by Crippen LogP contribution is 2.18. The van der Waals surface area contributed by atoms with E-state index in [4.69, 9.17) is 10.5 Å². The van der Waals surface area contributed by atoms with E-state index in [-0.39, 0.29) is 0 Å². The Balaban J connectivity index is 1.96. The molecule has 1 heterocycles. The Morgan fingerprint density at radius 1 is 1.31 bits per heavy atom. The Morgan fingerprint density at radius 2 is 2.00 bits per heavy atom. The Bertz CT molecular complexity index is 122. The van der Waals surface area contributed by atoms with E-state index in [2.05, 4.69) is 11.9 Å². The summed E-state index contributed by atoms with van der Waals surface area (Å²) in [5, 5.41) is 0. The first-order valence-corrected chi connectivity index (χ1v) is 5.29. The average molecular weight is 186 g/mol. The fourth-order valence-electron chi connectivity index (χ4n) is 1.79. The lowest BCUT2D eigenvalue weighted by Gasteiger charge is -2.28. The number of ether oxygens (including phenoxy) is 1. The van der Waals surface area contributed by atoms with E-state index in [1.165, 1.54) is 32.4 Å². The zero-order chi connectivity index (χ0) is 9.52. The lowest BCUT2D eigenvalue weighted by atomic mass is 9.94. The maximum atomic E-state index is 5.37. The molecule has 1 aliphatic rings. The van der Waals surface area contributed by atoms with Crippen LogP contribution in [-0.4, -0.2) is 44.8 Å². The summed E-state index contributed by atoms with van der Waals surface area (Å²) in [6.45, 7) is 4.76. The molecule has 1 rings (SSSR count). The molecule has 1 fully saturated rings. The van der Waals surface area contributed by atoms with Crippen molar-refractivity contribution in [3.8, 4) is 0 Å². The van der Waals surface area contributed by atoms with Crippen LogP contribution in [0.2, 0.25) is 0 Å². The summed E-state index contributed by atoms with van der Waals surface area (Å²) in [5.74, 6) is 0.883. The number of hydrogen-bond acceptors (Lipinski definition) is 3. The summed E-state index contributed by atoms with van der Waals surface area (Å²) in [7, 11) is 2.20. The number of nitrogens with zero attached hydrogens (tertiary/aromatic N) is 1. The van der Waals surface area contributed by atoms with Crippen molar-refractivity contribution in [2.75, 3.05) is 39.9 Å². The van der Waals surface area contributed by atoms with Crippen molar-refractivity contribution in [3.63, 3.8) is 0 Å². The SMILES string of the molecule is CN1CCC(CCOCCN)CC1. The molecule has 0 spiro atoms. The van der Waals surface area contributed by atoms with Crippen molar-refractivity contribution in [3.05, 3.63) is 0 Å². The number of likely N-dealkylation sites (tertiary alicyclic amines) is 1. The molecule has 0 aromatic carbocycles. The van der Waals surface area contributed by atoms with Gasteiger partial charge in [0.05, 0.1) is 6.61 Å². The Labute approximate surface area is 81.2 Å². The van der Waals surface area contributed by atoms with Gasteiger partial charge in [-0.2, -0.15) is 0 Å². The fraction of sp³-hybridized carbons (Fsp3) is 1.00. The zero-order valence-electron chi connectivity index (χ0n) is 8.67. The van der Waals surface area contributed by atoms with Crippen LogP contribution in [0.5, 0.6) is 0 Å². The monoisotopic (exact) mass is 186 g/mol. The van der Waals surface area contributed by atoms with Gasteiger partial charge in [0.2, 0.25) is 0 Å². The van der Waals surface area contributed by atoms with Gasteiger partial charge in [-0.15, -0.1) is 0 Å². The lowest BCUT2D eigenvalue weighted by Crippen LogP contribution is -2.30. The Hall–Kier alpha value is -0.120. The number of piperidine rings is 1. The summed E-state index contributed by atoms with van der Waals surface area (Å²) < 4.78 is 5.37. The number of nitrogens with two attached hydrogens (primary N) is 1. The second-order valence-corrected chi connectivity index (χ2v) is 3.94. The van der Waals surface area contributed by atoms with Crippen LogP contribution in [-0.2, 0) is 4.74 Å². The molecule has 0 aromatic rings. The lowest BCUT2D eigenvalue weighted by molar-refractivity contribution is 0.111. The molecule has 2 N–H and O–H groups in total. The molecule has 78 valence electrons. The molecule has 1 aliphatic heterocycles. The van der Waals surface area contributed by atoms with Gasteiger partial charge in [-0.3, -0.25) is 0 Å².